The van der Waals surface area contributed by atoms with Gasteiger partial charge in [0.2, 0.25) is 0 Å². The summed E-state index contributed by atoms with van der Waals surface area (Å²) in [5.74, 6) is 0.836. The van der Waals surface area contributed by atoms with Crippen molar-refractivity contribution >= 4 is 0 Å². The molecule has 0 aliphatic heterocycles. The number of hydrogen-bond donors (Lipinski definition) is 0. The molecule has 106 valence electrons. The highest BCUT2D eigenvalue weighted by Crippen LogP contribution is 2.47. The standard InChI is InChI=1S/C21H17N/c1-2-7-15-13-20-17-9-4-3-8-16(17)19(12-14(15)6-1)18-10-5-11-22-21(18)20/h1-11,19-20H,12-13H2/t19-,20+/m1/s1. The zero-order chi connectivity index (χ0) is 14.5. The molecule has 0 radical (unpaired) electrons. The van der Waals surface area contributed by atoms with Gasteiger partial charge in [-0.15, -0.1) is 0 Å². The fraction of sp³-hybridized carbons (Fsp3) is 0.190. The average molecular weight is 283 g/mol. The summed E-state index contributed by atoms with van der Waals surface area (Å²) < 4.78 is 0. The van der Waals surface area contributed by atoms with E-state index in [9.17, 15) is 0 Å². The summed E-state index contributed by atoms with van der Waals surface area (Å²) in [6.45, 7) is 0. The molecule has 3 aromatic rings. The van der Waals surface area contributed by atoms with Crippen molar-refractivity contribution < 1.29 is 0 Å². The van der Waals surface area contributed by atoms with Crippen LogP contribution in [0.1, 0.15) is 45.3 Å². The summed E-state index contributed by atoms with van der Waals surface area (Å²) in [5.41, 5.74) is 8.70. The van der Waals surface area contributed by atoms with Gasteiger partial charge in [-0.3, -0.25) is 4.98 Å². The number of hydrogen-bond acceptors (Lipinski definition) is 1. The van der Waals surface area contributed by atoms with Crippen molar-refractivity contribution in [1.82, 2.24) is 4.98 Å². The Morgan fingerprint density at radius 2 is 1.23 bits per heavy atom. The highest BCUT2D eigenvalue weighted by Gasteiger charge is 2.35. The van der Waals surface area contributed by atoms with Gasteiger partial charge in [-0.1, -0.05) is 54.6 Å². The third-order valence-electron chi connectivity index (χ3n) is 5.29. The smallest absolute Gasteiger partial charge is 0.0520 e. The maximum atomic E-state index is 4.78. The lowest BCUT2D eigenvalue weighted by molar-refractivity contribution is 0.636. The van der Waals surface area contributed by atoms with Crippen molar-refractivity contribution in [3.8, 4) is 0 Å². The van der Waals surface area contributed by atoms with Crippen LogP contribution in [0.15, 0.2) is 66.9 Å². The second kappa shape index (κ2) is 4.54. The molecule has 2 atom stereocenters. The van der Waals surface area contributed by atoms with Crippen molar-refractivity contribution in [2.45, 2.75) is 24.7 Å². The van der Waals surface area contributed by atoms with Gasteiger partial charge in [0.05, 0.1) is 5.69 Å². The van der Waals surface area contributed by atoms with Crippen LogP contribution < -0.4 is 0 Å². The van der Waals surface area contributed by atoms with Gasteiger partial charge in [0.25, 0.3) is 0 Å². The fourth-order valence-corrected chi connectivity index (χ4v) is 4.30. The van der Waals surface area contributed by atoms with E-state index in [0.29, 0.717) is 11.8 Å². The van der Waals surface area contributed by atoms with Crippen LogP contribution in [0.4, 0.5) is 0 Å². The number of nitrogens with zero attached hydrogens (tertiary/aromatic N) is 1. The first-order valence-corrected chi connectivity index (χ1v) is 8.02. The predicted octanol–water partition coefficient (Wildman–Crippen LogP) is 4.46. The SMILES string of the molecule is c1ccc2c(c1)C[C@@H]1c3ccccc3[C@H](C2)c2ncccc21. The van der Waals surface area contributed by atoms with Gasteiger partial charge in [0.1, 0.15) is 0 Å². The van der Waals surface area contributed by atoms with Crippen molar-refractivity contribution in [3.63, 3.8) is 0 Å². The molecule has 0 fully saturated rings. The molecule has 3 aliphatic carbocycles. The van der Waals surface area contributed by atoms with Crippen molar-refractivity contribution in [3.05, 3.63) is 100 Å². The third-order valence-corrected chi connectivity index (χ3v) is 5.29. The van der Waals surface area contributed by atoms with E-state index in [4.69, 9.17) is 4.98 Å². The van der Waals surface area contributed by atoms with Crippen molar-refractivity contribution in [1.29, 1.82) is 0 Å². The minimum Gasteiger partial charge on any atom is -0.260 e. The van der Waals surface area contributed by atoms with Gasteiger partial charge >= 0.3 is 0 Å². The summed E-state index contributed by atoms with van der Waals surface area (Å²) in [4.78, 5) is 4.78. The van der Waals surface area contributed by atoms with Crippen molar-refractivity contribution in [2.24, 2.45) is 0 Å². The molecule has 6 rings (SSSR count). The first-order chi connectivity index (χ1) is 10.9. The third kappa shape index (κ3) is 1.62. The van der Waals surface area contributed by atoms with Crippen molar-refractivity contribution in [2.75, 3.05) is 0 Å². The highest BCUT2D eigenvalue weighted by molar-refractivity contribution is 5.54. The van der Waals surface area contributed by atoms with Gasteiger partial charge in [-0.05, 0) is 46.7 Å². The molecule has 1 nitrogen and oxygen atoms in total. The molecule has 0 saturated carbocycles. The summed E-state index contributed by atoms with van der Waals surface area (Å²) in [7, 11) is 0. The maximum absolute atomic E-state index is 4.78. The van der Waals surface area contributed by atoms with E-state index < -0.39 is 0 Å². The lowest BCUT2D eigenvalue weighted by atomic mass is 9.68. The molecule has 2 bridgehead atoms. The molecule has 22 heavy (non-hydrogen) atoms. The van der Waals surface area contributed by atoms with Gasteiger partial charge < -0.3 is 0 Å². The van der Waals surface area contributed by atoms with E-state index >= 15 is 0 Å². The van der Waals surface area contributed by atoms with Gasteiger partial charge in [0, 0.05) is 18.0 Å². The van der Waals surface area contributed by atoms with Crippen LogP contribution in [0.25, 0.3) is 0 Å². The molecule has 0 amide bonds. The molecule has 0 unspecified atom stereocenters. The fourth-order valence-electron chi connectivity index (χ4n) is 4.30. The van der Waals surface area contributed by atoms with E-state index in [0.717, 1.165) is 12.8 Å². The largest absolute Gasteiger partial charge is 0.260 e. The summed E-state index contributed by atoms with van der Waals surface area (Å²) in [5, 5.41) is 0. The Hall–Kier alpha value is -2.41. The summed E-state index contributed by atoms with van der Waals surface area (Å²) >= 11 is 0. The van der Waals surface area contributed by atoms with Gasteiger partial charge in [0.15, 0.2) is 0 Å². The summed E-state index contributed by atoms with van der Waals surface area (Å²) in [6.07, 6.45) is 4.09. The van der Waals surface area contributed by atoms with Crippen LogP contribution >= 0.6 is 0 Å². The number of aromatic nitrogens is 1. The Bertz CT molecular complexity index is 747. The number of rotatable bonds is 0. The maximum Gasteiger partial charge on any atom is 0.0520 e. The Morgan fingerprint density at radius 3 is 2.00 bits per heavy atom. The number of pyridine rings is 1. The lowest BCUT2D eigenvalue weighted by Crippen LogP contribution is -2.25. The highest BCUT2D eigenvalue weighted by atomic mass is 14.7. The first kappa shape index (κ1) is 12.2. The zero-order valence-electron chi connectivity index (χ0n) is 12.4. The molecule has 0 N–H and O–H groups in total. The molecule has 2 aromatic carbocycles. The molecule has 1 heteroatoms. The van der Waals surface area contributed by atoms with E-state index in [2.05, 4.69) is 60.7 Å². The van der Waals surface area contributed by atoms with Crippen LogP contribution in [-0.4, -0.2) is 4.98 Å². The summed E-state index contributed by atoms with van der Waals surface area (Å²) in [6, 6.07) is 22.3. The van der Waals surface area contributed by atoms with Crippen LogP contribution in [0.5, 0.6) is 0 Å². The Labute approximate surface area is 130 Å². The second-order valence-electron chi connectivity index (χ2n) is 6.39. The van der Waals surface area contributed by atoms with E-state index in [-0.39, 0.29) is 0 Å². The number of benzene rings is 2. The van der Waals surface area contributed by atoms with Crippen LogP contribution in [0.2, 0.25) is 0 Å². The minimum absolute atomic E-state index is 0.394. The zero-order valence-corrected chi connectivity index (χ0v) is 12.4. The van der Waals surface area contributed by atoms with Gasteiger partial charge in [-0.25, -0.2) is 0 Å². The molecule has 1 aromatic heterocycles. The topological polar surface area (TPSA) is 12.9 Å². The molecule has 3 aliphatic rings. The Morgan fingerprint density at radius 1 is 0.636 bits per heavy atom. The molecule has 1 heterocycles. The minimum atomic E-state index is 0.394. The molecule has 0 saturated heterocycles. The van der Waals surface area contributed by atoms with Gasteiger partial charge in [-0.2, -0.15) is 0 Å². The predicted molar refractivity (Wildman–Crippen MR) is 88.2 cm³/mol. The van der Waals surface area contributed by atoms with Crippen LogP contribution in [-0.2, 0) is 12.8 Å². The Balaban J connectivity index is 1.81. The quantitative estimate of drug-likeness (QED) is 0.593. The molecular formula is C21H17N. The normalized spacial score (nSPS) is 21.3. The lowest BCUT2D eigenvalue weighted by Gasteiger charge is -2.36. The average Bonchev–Trinajstić information content (AvgIpc) is 2.56. The van der Waals surface area contributed by atoms with Crippen LogP contribution in [0.3, 0.4) is 0 Å². The Kier molecular flexibility index (Phi) is 2.51. The molecule has 0 spiro atoms. The van der Waals surface area contributed by atoms with E-state index in [1.165, 1.54) is 33.5 Å². The van der Waals surface area contributed by atoms with Crippen LogP contribution in [0, 0.1) is 0 Å². The second-order valence-corrected chi connectivity index (χ2v) is 6.39. The van der Waals surface area contributed by atoms with E-state index in [1.807, 2.05) is 6.20 Å². The molecular weight excluding hydrogens is 266 g/mol. The monoisotopic (exact) mass is 283 g/mol. The first-order valence-electron chi connectivity index (χ1n) is 8.02. The van der Waals surface area contributed by atoms with E-state index in [1.54, 1.807) is 0 Å².